The zero-order valence-electron chi connectivity index (χ0n) is 11.3. The fourth-order valence-electron chi connectivity index (χ4n) is 1.81. The predicted octanol–water partition coefficient (Wildman–Crippen LogP) is 4.26. The van der Waals surface area contributed by atoms with Gasteiger partial charge in [-0.15, -0.1) is 0 Å². The molecule has 0 fully saturated rings. The third-order valence-corrected chi connectivity index (χ3v) is 3.29. The van der Waals surface area contributed by atoms with Crippen LogP contribution in [0.15, 0.2) is 42.6 Å². The van der Waals surface area contributed by atoms with E-state index >= 15 is 0 Å². The Labute approximate surface area is 118 Å². The Kier molecular flexibility index (Phi) is 3.72. The van der Waals surface area contributed by atoms with E-state index in [2.05, 4.69) is 25.8 Å². The maximum Gasteiger partial charge on any atom is 0.212 e. The Balaban J connectivity index is 2.34. The first-order valence-electron chi connectivity index (χ1n) is 6.15. The molecular weight excluding hydrogens is 258 g/mol. The van der Waals surface area contributed by atoms with Gasteiger partial charge < -0.3 is 0 Å². The zero-order chi connectivity index (χ0) is 14.0. The summed E-state index contributed by atoms with van der Waals surface area (Å²) < 4.78 is 0. The molecule has 1 aromatic carbocycles. The van der Waals surface area contributed by atoms with Crippen LogP contribution in [0.3, 0.4) is 0 Å². The molecule has 0 aliphatic carbocycles. The molecular formula is C16H16ClNO. The van der Waals surface area contributed by atoms with Gasteiger partial charge in [0.05, 0.1) is 5.02 Å². The van der Waals surface area contributed by atoms with Crippen molar-refractivity contribution in [3.05, 3.63) is 64.4 Å². The lowest BCUT2D eigenvalue weighted by Crippen LogP contribution is -2.11. The molecule has 19 heavy (non-hydrogen) atoms. The van der Waals surface area contributed by atoms with Gasteiger partial charge in [-0.2, -0.15) is 0 Å². The van der Waals surface area contributed by atoms with E-state index in [1.165, 1.54) is 5.56 Å². The number of carbonyl (C=O) groups excluding carboxylic acids is 1. The van der Waals surface area contributed by atoms with Crippen LogP contribution in [0.5, 0.6) is 0 Å². The van der Waals surface area contributed by atoms with Crippen molar-refractivity contribution in [2.24, 2.45) is 0 Å². The first-order chi connectivity index (χ1) is 8.89. The molecule has 98 valence electrons. The van der Waals surface area contributed by atoms with Crippen LogP contribution in [0.2, 0.25) is 5.02 Å². The topological polar surface area (TPSA) is 30.0 Å². The second-order valence-electron chi connectivity index (χ2n) is 5.49. The van der Waals surface area contributed by atoms with Crippen LogP contribution >= 0.6 is 11.6 Å². The third-order valence-electron chi connectivity index (χ3n) is 2.99. The molecule has 0 spiro atoms. The van der Waals surface area contributed by atoms with Crippen molar-refractivity contribution in [2.45, 2.75) is 26.2 Å². The summed E-state index contributed by atoms with van der Waals surface area (Å²) in [6.45, 7) is 6.42. The Morgan fingerprint density at radius 3 is 2.26 bits per heavy atom. The first-order valence-corrected chi connectivity index (χ1v) is 6.53. The van der Waals surface area contributed by atoms with Crippen molar-refractivity contribution in [3.8, 4) is 0 Å². The van der Waals surface area contributed by atoms with Crippen molar-refractivity contribution in [1.82, 2.24) is 4.98 Å². The van der Waals surface area contributed by atoms with Gasteiger partial charge in [0.15, 0.2) is 0 Å². The van der Waals surface area contributed by atoms with Gasteiger partial charge in [-0.1, -0.05) is 56.6 Å². The van der Waals surface area contributed by atoms with E-state index in [0.717, 1.165) is 0 Å². The Morgan fingerprint density at radius 2 is 1.74 bits per heavy atom. The zero-order valence-corrected chi connectivity index (χ0v) is 12.0. The highest BCUT2D eigenvalue weighted by Gasteiger charge is 2.16. The van der Waals surface area contributed by atoms with E-state index in [1.54, 1.807) is 18.3 Å². The number of halogens is 1. The molecule has 0 bridgehead atoms. The van der Waals surface area contributed by atoms with Crippen LogP contribution in [0.25, 0.3) is 0 Å². The number of carbonyl (C=O) groups is 1. The lowest BCUT2D eigenvalue weighted by molar-refractivity contribution is 0.103. The van der Waals surface area contributed by atoms with Gasteiger partial charge in [-0.3, -0.25) is 9.78 Å². The van der Waals surface area contributed by atoms with E-state index in [-0.39, 0.29) is 11.2 Å². The molecule has 0 N–H and O–H groups in total. The van der Waals surface area contributed by atoms with E-state index in [4.69, 9.17) is 11.6 Å². The molecule has 0 atom stereocenters. The summed E-state index contributed by atoms with van der Waals surface area (Å²) in [5.41, 5.74) is 2.17. The lowest BCUT2D eigenvalue weighted by Gasteiger charge is -2.18. The highest BCUT2D eigenvalue weighted by molar-refractivity contribution is 6.34. The van der Waals surface area contributed by atoms with Gasteiger partial charge in [0.25, 0.3) is 0 Å². The summed E-state index contributed by atoms with van der Waals surface area (Å²) in [6, 6.07) is 11.0. The number of aromatic nitrogens is 1. The standard InChI is InChI=1S/C16H16ClNO/c1-16(2,3)12-8-6-11(7-9-12)15(19)14-13(17)5-4-10-18-14/h4-10H,1-3H3. The van der Waals surface area contributed by atoms with Crippen molar-refractivity contribution in [3.63, 3.8) is 0 Å². The van der Waals surface area contributed by atoms with E-state index in [0.29, 0.717) is 16.3 Å². The van der Waals surface area contributed by atoms with Crippen molar-refractivity contribution < 1.29 is 4.79 Å². The third kappa shape index (κ3) is 3.02. The average Bonchev–Trinajstić information content (AvgIpc) is 2.38. The first kappa shape index (κ1) is 13.8. The number of rotatable bonds is 2. The summed E-state index contributed by atoms with van der Waals surface area (Å²) in [7, 11) is 0. The van der Waals surface area contributed by atoms with Gasteiger partial charge in [0.2, 0.25) is 5.78 Å². The van der Waals surface area contributed by atoms with Crippen LogP contribution in [0.1, 0.15) is 42.4 Å². The summed E-state index contributed by atoms with van der Waals surface area (Å²) in [5.74, 6) is -0.147. The van der Waals surface area contributed by atoms with Crippen molar-refractivity contribution in [2.75, 3.05) is 0 Å². The van der Waals surface area contributed by atoms with Crippen LogP contribution in [-0.4, -0.2) is 10.8 Å². The van der Waals surface area contributed by atoms with Gasteiger partial charge in [0, 0.05) is 11.8 Å². The predicted molar refractivity (Wildman–Crippen MR) is 77.8 cm³/mol. The van der Waals surface area contributed by atoms with Gasteiger partial charge in [-0.05, 0) is 23.1 Å². The van der Waals surface area contributed by atoms with Crippen LogP contribution in [-0.2, 0) is 5.41 Å². The molecule has 0 unspecified atom stereocenters. The fourth-order valence-corrected chi connectivity index (χ4v) is 2.02. The largest absolute Gasteiger partial charge is 0.287 e. The van der Waals surface area contributed by atoms with Crippen LogP contribution in [0, 0.1) is 0 Å². The van der Waals surface area contributed by atoms with Gasteiger partial charge >= 0.3 is 0 Å². The molecule has 2 aromatic rings. The van der Waals surface area contributed by atoms with Gasteiger partial charge in [0.1, 0.15) is 5.69 Å². The Morgan fingerprint density at radius 1 is 1.11 bits per heavy atom. The molecule has 0 aliphatic rings. The number of hydrogen-bond acceptors (Lipinski definition) is 2. The van der Waals surface area contributed by atoms with Gasteiger partial charge in [-0.25, -0.2) is 0 Å². The lowest BCUT2D eigenvalue weighted by atomic mass is 9.86. The molecule has 0 saturated heterocycles. The molecule has 0 radical (unpaired) electrons. The number of benzene rings is 1. The molecule has 0 saturated carbocycles. The SMILES string of the molecule is CC(C)(C)c1ccc(C(=O)c2ncccc2Cl)cc1. The highest BCUT2D eigenvalue weighted by Crippen LogP contribution is 2.23. The second kappa shape index (κ2) is 5.14. The minimum atomic E-state index is -0.147. The minimum absolute atomic E-state index is 0.0736. The Hall–Kier alpha value is -1.67. The monoisotopic (exact) mass is 273 g/mol. The van der Waals surface area contributed by atoms with Crippen molar-refractivity contribution in [1.29, 1.82) is 0 Å². The molecule has 3 heteroatoms. The normalized spacial score (nSPS) is 11.4. The number of pyridine rings is 1. The Bertz CT molecular complexity index is 597. The second-order valence-corrected chi connectivity index (χ2v) is 5.90. The number of hydrogen-bond donors (Lipinski definition) is 0. The smallest absolute Gasteiger partial charge is 0.212 e. The number of ketones is 1. The summed E-state index contributed by atoms with van der Waals surface area (Å²) >= 11 is 5.99. The number of nitrogens with zero attached hydrogens (tertiary/aromatic N) is 1. The molecule has 0 aliphatic heterocycles. The van der Waals surface area contributed by atoms with E-state index < -0.39 is 0 Å². The fraction of sp³-hybridized carbons (Fsp3) is 0.250. The van der Waals surface area contributed by atoms with E-state index in [9.17, 15) is 4.79 Å². The van der Waals surface area contributed by atoms with E-state index in [1.807, 2.05) is 24.3 Å². The van der Waals surface area contributed by atoms with Crippen molar-refractivity contribution >= 4 is 17.4 Å². The molecule has 1 heterocycles. The maximum atomic E-state index is 12.3. The highest BCUT2D eigenvalue weighted by atomic mass is 35.5. The summed E-state index contributed by atoms with van der Waals surface area (Å²) in [4.78, 5) is 16.3. The molecule has 2 rings (SSSR count). The average molecular weight is 274 g/mol. The molecule has 0 amide bonds. The summed E-state index contributed by atoms with van der Waals surface area (Å²) in [5, 5.41) is 0.382. The van der Waals surface area contributed by atoms with Crippen LogP contribution < -0.4 is 0 Å². The minimum Gasteiger partial charge on any atom is -0.287 e. The van der Waals surface area contributed by atoms with Crippen LogP contribution in [0.4, 0.5) is 0 Å². The molecule has 1 aromatic heterocycles. The summed E-state index contributed by atoms with van der Waals surface area (Å²) in [6.07, 6.45) is 1.57. The maximum absolute atomic E-state index is 12.3. The quantitative estimate of drug-likeness (QED) is 0.765. The molecule has 2 nitrogen and oxygen atoms in total.